The van der Waals surface area contributed by atoms with E-state index in [9.17, 15) is 9.59 Å². The molecule has 1 aromatic heterocycles. The number of anilines is 1. The van der Waals surface area contributed by atoms with Crippen LogP contribution >= 0.6 is 22.9 Å². The minimum atomic E-state index is -0.504. The van der Waals surface area contributed by atoms with Gasteiger partial charge in [0.1, 0.15) is 28.0 Å². The van der Waals surface area contributed by atoms with Crippen LogP contribution in [0.15, 0.2) is 24.3 Å². The van der Waals surface area contributed by atoms with Crippen molar-refractivity contribution in [2.24, 2.45) is 0 Å². The maximum absolute atomic E-state index is 12.3. The molecule has 1 atom stereocenters. The Morgan fingerprint density at radius 3 is 2.77 bits per heavy atom. The topological polar surface area (TPSA) is 98.0 Å². The van der Waals surface area contributed by atoms with Crippen LogP contribution < -0.4 is 16.4 Å². The third-order valence-corrected chi connectivity index (χ3v) is 5.29. The van der Waals surface area contributed by atoms with E-state index in [1.54, 1.807) is 14.0 Å². The van der Waals surface area contributed by atoms with Crippen LogP contribution in [0, 0.1) is 0 Å². The molecule has 2 rings (SSSR count). The zero-order chi connectivity index (χ0) is 19.3. The van der Waals surface area contributed by atoms with E-state index in [0.29, 0.717) is 27.0 Å². The molecule has 0 aliphatic rings. The third-order valence-electron chi connectivity index (χ3n) is 4.00. The molecule has 140 valence electrons. The summed E-state index contributed by atoms with van der Waals surface area (Å²) < 4.78 is 5.11. The molecule has 0 bridgehead atoms. The van der Waals surface area contributed by atoms with E-state index in [1.165, 1.54) is 0 Å². The van der Waals surface area contributed by atoms with E-state index in [4.69, 9.17) is 22.1 Å². The second kappa shape index (κ2) is 9.02. The highest BCUT2D eigenvalue weighted by atomic mass is 35.5. The number of rotatable bonds is 7. The Morgan fingerprint density at radius 2 is 2.15 bits per heavy atom. The summed E-state index contributed by atoms with van der Waals surface area (Å²) in [6.07, 6.45) is 0. The average Bonchev–Trinajstić information content (AvgIpc) is 2.95. The minimum absolute atomic E-state index is 0.0856. The van der Waals surface area contributed by atoms with Crippen molar-refractivity contribution in [2.45, 2.75) is 26.4 Å². The number of quaternary nitrogens is 1. The zero-order valence-corrected chi connectivity index (χ0v) is 16.5. The van der Waals surface area contributed by atoms with Gasteiger partial charge in [-0.05, 0) is 26.0 Å². The first-order valence-corrected chi connectivity index (χ1v) is 9.47. The number of carbonyl (C=O) groups is 2. The van der Waals surface area contributed by atoms with Crippen molar-refractivity contribution >= 4 is 39.8 Å². The highest BCUT2D eigenvalue weighted by Gasteiger charge is 2.28. The molecule has 0 saturated heterocycles. The maximum Gasteiger partial charge on any atom is 0.341 e. The van der Waals surface area contributed by atoms with Gasteiger partial charge in [-0.15, -0.1) is 11.3 Å². The van der Waals surface area contributed by atoms with Gasteiger partial charge in [-0.2, -0.15) is 0 Å². The third kappa shape index (κ3) is 4.55. The Labute approximate surface area is 161 Å². The molecular formula is C18H23ClN3O3S+. The summed E-state index contributed by atoms with van der Waals surface area (Å²) >= 11 is 7.16. The number of ether oxygens (including phenoxy) is 1. The highest BCUT2D eigenvalue weighted by Crippen LogP contribution is 2.31. The van der Waals surface area contributed by atoms with Crippen LogP contribution in [0.25, 0.3) is 0 Å². The summed E-state index contributed by atoms with van der Waals surface area (Å²) in [6, 6.07) is 7.68. The average molecular weight is 397 g/mol. The zero-order valence-electron chi connectivity index (χ0n) is 15.0. The molecule has 0 aliphatic carbocycles. The van der Waals surface area contributed by atoms with E-state index >= 15 is 0 Å². The summed E-state index contributed by atoms with van der Waals surface area (Å²) in [7, 11) is 1.55. The fraction of sp³-hybridized carbons (Fsp3) is 0.333. The van der Waals surface area contributed by atoms with Crippen LogP contribution in [-0.2, 0) is 11.3 Å². The molecule has 0 fully saturated rings. The van der Waals surface area contributed by atoms with Crippen molar-refractivity contribution < 1.29 is 19.6 Å². The summed E-state index contributed by atoms with van der Waals surface area (Å²) in [5.74, 6) is -0.772. The fourth-order valence-corrected chi connectivity index (χ4v) is 3.85. The first kappa shape index (κ1) is 20.2. The van der Waals surface area contributed by atoms with Crippen molar-refractivity contribution in [3.05, 3.63) is 50.9 Å². The predicted molar refractivity (Wildman–Crippen MR) is 104 cm³/mol. The van der Waals surface area contributed by atoms with Crippen molar-refractivity contribution in [2.75, 3.05) is 19.4 Å². The van der Waals surface area contributed by atoms with Gasteiger partial charge < -0.3 is 21.1 Å². The number of carbonyl (C=O) groups excluding carboxylic acids is 2. The Kier molecular flexibility index (Phi) is 7.02. The van der Waals surface area contributed by atoms with Crippen LogP contribution in [-0.4, -0.2) is 25.5 Å². The normalized spacial score (nSPS) is 11.8. The van der Waals surface area contributed by atoms with E-state index in [1.807, 2.05) is 36.5 Å². The summed E-state index contributed by atoms with van der Waals surface area (Å²) in [4.78, 5) is 24.9. The lowest BCUT2D eigenvalue weighted by atomic mass is 10.1. The second-order valence-electron chi connectivity index (χ2n) is 5.73. The van der Waals surface area contributed by atoms with Gasteiger partial charge >= 0.3 is 5.97 Å². The molecule has 6 nitrogen and oxygen atoms in total. The second-order valence-corrected chi connectivity index (χ2v) is 7.22. The Hall–Kier alpha value is -2.09. The van der Waals surface area contributed by atoms with Gasteiger partial charge in [-0.3, -0.25) is 4.79 Å². The first-order chi connectivity index (χ1) is 12.4. The number of benzene rings is 1. The number of halogens is 1. The molecule has 0 aliphatic heterocycles. The van der Waals surface area contributed by atoms with E-state index in [-0.39, 0.29) is 24.1 Å². The van der Waals surface area contributed by atoms with Gasteiger partial charge in [-0.1, -0.05) is 23.7 Å². The smallest absolute Gasteiger partial charge is 0.341 e. The number of hydrogen-bond acceptors (Lipinski definition) is 5. The van der Waals surface area contributed by atoms with Crippen LogP contribution in [0.3, 0.4) is 0 Å². The monoisotopic (exact) mass is 396 g/mol. The quantitative estimate of drug-likeness (QED) is 0.625. The Morgan fingerprint density at radius 1 is 1.42 bits per heavy atom. The molecule has 0 unspecified atom stereocenters. The molecule has 0 spiro atoms. The molecule has 0 radical (unpaired) electrons. The van der Waals surface area contributed by atoms with Gasteiger partial charge in [0.05, 0.1) is 6.61 Å². The largest absolute Gasteiger partial charge is 0.462 e. The lowest BCUT2D eigenvalue weighted by Gasteiger charge is -2.13. The van der Waals surface area contributed by atoms with Crippen molar-refractivity contribution in [3.63, 3.8) is 0 Å². The number of nitrogens with two attached hydrogens (primary N) is 2. The molecule has 0 saturated carbocycles. The SMILES string of the molecule is CCOC(=O)c1c(N)sc(C(=O)NC)c1C[NH2+][C@@H](C)c1cccc(Cl)c1. The van der Waals surface area contributed by atoms with E-state index in [0.717, 1.165) is 16.9 Å². The summed E-state index contributed by atoms with van der Waals surface area (Å²) in [5.41, 5.74) is 7.94. The van der Waals surface area contributed by atoms with E-state index < -0.39 is 5.97 Å². The molecule has 1 aromatic carbocycles. The number of nitrogen functional groups attached to an aromatic ring is 1. The van der Waals surface area contributed by atoms with Gasteiger partial charge in [0.15, 0.2) is 0 Å². The number of esters is 1. The van der Waals surface area contributed by atoms with Crippen LogP contribution in [0.1, 0.15) is 51.0 Å². The number of amides is 1. The van der Waals surface area contributed by atoms with Gasteiger partial charge in [0.25, 0.3) is 5.91 Å². The first-order valence-electron chi connectivity index (χ1n) is 8.28. The maximum atomic E-state index is 12.3. The van der Waals surface area contributed by atoms with Gasteiger partial charge in [0.2, 0.25) is 0 Å². The predicted octanol–water partition coefficient (Wildman–Crippen LogP) is 2.34. The Balaban J connectivity index is 2.30. The van der Waals surface area contributed by atoms with Crippen LogP contribution in [0.4, 0.5) is 5.00 Å². The Bertz CT molecular complexity index is 807. The molecular weight excluding hydrogens is 374 g/mol. The van der Waals surface area contributed by atoms with Crippen LogP contribution in [0.2, 0.25) is 5.02 Å². The molecule has 2 aromatic rings. The molecule has 5 N–H and O–H groups in total. The number of thiophene rings is 1. The number of hydrogen-bond donors (Lipinski definition) is 3. The lowest BCUT2D eigenvalue weighted by Crippen LogP contribution is -2.83. The molecule has 1 amide bonds. The van der Waals surface area contributed by atoms with Crippen molar-refractivity contribution in [1.29, 1.82) is 0 Å². The fourth-order valence-electron chi connectivity index (χ4n) is 2.62. The van der Waals surface area contributed by atoms with Gasteiger partial charge in [-0.25, -0.2) is 4.79 Å². The van der Waals surface area contributed by atoms with Gasteiger partial charge in [0, 0.05) is 23.2 Å². The molecule has 26 heavy (non-hydrogen) atoms. The highest BCUT2D eigenvalue weighted by molar-refractivity contribution is 7.18. The van der Waals surface area contributed by atoms with Crippen molar-refractivity contribution in [1.82, 2.24) is 5.32 Å². The summed E-state index contributed by atoms with van der Waals surface area (Å²) in [6.45, 7) is 4.42. The van der Waals surface area contributed by atoms with E-state index in [2.05, 4.69) is 5.32 Å². The van der Waals surface area contributed by atoms with Crippen molar-refractivity contribution in [3.8, 4) is 0 Å². The molecule has 1 heterocycles. The van der Waals surface area contributed by atoms with Crippen LogP contribution in [0.5, 0.6) is 0 Å². The minimum Gasteiger partial charge on any atom is -0.462 e. The lowest BCUT2D eigenvalue weighted by molar-refractivity contribution is -0.707. The summed E-state index contributed by atoms with van der Waals surface area (Å²) in [5, 5.41) is 5.58. The standard InChI is InChI=1S/C18H22ClN3O3S/c1-4-25-18(24)14-13(15(17(23)21-3)26-16(14)20)9-22-10(2)11-6-5-7-12(19)8-11/h5-8,10,22H,4,9,20H2,1-3H3,(H,21,23)/p+1/t10-/m0/s1. The number of nitrogens with one attached hydrogen (secondary N) is 1. The molecule has 8 heteroatoms.